The van der Waals surface area contributed by atoms with E-state index < -0.39 is 6.10 Å². The minimum atomic E-state index is -0.595. The molecular formula is C11H21NO3S. The van der Waals surface area contributed by atoms with Crippen LogP contribution in [0.25, 0.3) is 0 Å². The van der Waals surface area contributed by atoms with Crippen molar-refractivity contribution in [2.24, 2.45) is 0 Å². The standard InChI is InChI=1S/C11H21NO3S/c1-2-15-11(14)8-10(13)9-12-4-3-6-16-7-5-12/h10,13H,2-9H2,1H3. The number of hydrogen-bond acceptors (Lipinski definition) is 5. The maximum absolute atomic E-state index is 11.2. The first-order valence-electron chi connectivity index (χ1n) is 5.86. The molecule has 5 heteroatoms. The fourth-order valence-corrected chi connectivity index (χ4v) is 2.68. The van der Waals surface area contributed by atoms with Crippen molar-refractivity contribution in [1.29, 1.82) is 0 Å². The number of aliphatic hydroxyl groups excluding tert-OH is 1. The topological polar surface area (TPSA) is 49.8 Å². The van der Waals surface area contributed by atoms with Crippen molar-refractivity contribution in [2.45, 2.75) is 25.9 Å². The fraction of sp³-hybridized carbons (Fsp3) is 0.909. The van der Waals surface area contributed by atoms with Gasteiger partial charge >= 0.3 is 5.97 Å². The Bertz CT molecular complexity index is 205. The van der Waals surface area contributed by atoms with Gasteiger partial charge in [-0.3, -0.25) is 9.69 Å². The lowest BCUT2D eigenvalue weighted by Gasteiger charge is -2.22. The van der Waals surface area contributed by atoms with Gasteiger partial charge in [-0.1, -0.05) is 0 Å². The van der Waals surface area contributed by atoms with E-state index >= 15 is 0 Å². The van der Waals surface area contributed by atoms with Crippen LogP contribution in [0.5, 0.6) is 0 Å². The Kier molecular flexibility index (Phi) is 6.84. The Morgan fingerprint density at radius 1 is 1.50 bits per heavy atom. The summed E-state index contributed by atoms with van der Waals surface area (Å²) in [6, 6.07) is 0. The van der Waals surface area contributed by atoms with Crippen molar-refractivity contribution in [3.63, 3.8) is 0 Å². The Morgan fingerprint density at radius 3 is 3.06 bits per heavy atom. The van der Waals surface area contributed by atoms with Gasteiger partial charge in [-0.2, -0.15) is 11.8 Å². The molecule has 0 saturated carbocycles. The smallest absolute Gasteiger partial charge is 0.308 e. The molecule has 0 amide bonds. The van der Waals surface area contributed by atoms with Gasteiger partial charge in [0.05, 0.1) is 19.1 Å². The molecule has 1 N–H and O–H groups in total. The summed E-state index contributed by atoms with van der Waals surface area (Å²) in [6.45, 7) is 4.76. The minimum absolute atomic E-state index is 0.109. The van der Waals surface area contributed by atoms with Gasteiger partial charge in [0.2, 0.25) is 0 Å². The van der Waals surface area contributed by atoms with Crippen molar-refractivity contribution >= 4 is 17.7 Å². The van der Waals surface area contributed by atoms with Crippen LogP contribution in [0.1, 0.15) is 19.8 Å². The lowest BCUT2D eigenvalue weighted by molar-refractivity contribution is -0.145. The Labute approximate surface area is 101 Å². The second-order valence-corrected chi connectivity index (χ2v) is 5.15. The van der Waals surface area contributed by atoms with Crippen LogP contribution < -0.4 is 0 Å². The monoisotopic (exact) mass is 247 g/mol. The summed E-state index contributed by atoms with van der Waals surface area (Å²) in [4.78, 5) is 13.4. The third kappa shape index (κ3) is 5.72. The highest BCUT2D eigenvalue weighted by Gasteiger charge is 2.16. The fourth-order valence-electron chi connectivity index (χ4n) is 1.76. The summed E-state index contributed by atoms with van der Waals surface area (Å²) in [5, 5.41) is 9.74. The Hall–Kier alpha value is -0.260. The summed E-state index contributed by atoms with van der Waals surface area (Å²) in [5.41, 5.74) is 0. The predicted octanol–water partition coefficient (Wildman–Crippen LogP) is 0.739. The summed E-state index contributed by atoms with van der Waals surface area (Å²) < 4.78 is 4.80. The third-order valence-corrected chi connectivity index (χ3v) is 3.54. The van der Waals surface area contributed by atoms with Crippen LogP contribution in [0.3, 0.4) is 0 Å². The maximum atomic E-state index is 11.2. The number of aliphatic hydroxyl groups is 1. The van der Waals surface area contributed by atoms with E-state index in [0.717, 1.165) is 25.3 Å². The maximum Gasteiger partial charge on any atom is 0.308 e. The van der Waals surface area contributed by atoms with E-state index in [1.165, 1.54) is 5.75 Å². The van der Waals surface area contributed by atoms with Gasteiger partial charge in [0.1, 0.15) is 0 Å². The SMILES string of the molecule is CCOC(=O)CC(O)CN1CCCSCC1. The molecule has 1 aliphatic rings. The number of thioether (sulfide) groups is 1. The molecular weight excluding hydrogens is 226 g/mol. The number of esters is 1. The molecule has 0 aromatic rings. The minimum Gasteiger partial charge on any atom is -0.466 e. The summed E-state index contributed by atoms with van der Waals surface area (Å²) in [5.74, 6) is 2.01. The number of nitrogens with zero attached hydrogens (tertiary/aromatic N) is 1. The van der Waals surface area contributed by atoms with E-state index in [1.807, 2.05) is 11.8 Å². The van der Waals surface area contributed by atoms with Crippen LogP contribution >= 0.6 is 11.8 Å². The summed E-state index contributed by atoms with van der Waals surface area (Å²) in [6.07, 6.45) is 0.677. The second-order valence-electron chi connectivity index (χ2n) is 3.93. The first kappa shape index (κ1) is 13.8. The molecule has 16 heavy (non-hydrogen) atoms. The van der Waals surface area contributed by atoms with Crippen molar-refractivity contribution in [2.75, 3.05) is 37.7 Å². The van der Waals surface area contributed by atoms with Crippen LogP contribution in [-0.4, -0.2) is 59.8 Å². The third-order valence-electron chi connectivity index (χ3n) is 2.49. The molecule has 4 nitrogen and oxygen atoms in total. The molecule has 1 unspecified atom stereocenters. The highest BCUT2D eigenvalue weighted by Crippen LogP contribution is 2.10. The molecule has 1 rings (SSSR count). The van der Waals surface area contributed by atoms with Crippen molar-refractivity contribution in [3.05, 3.63) is 0 Å². The van der Waals surface area contributed by atoms with Gasteiger partial charge in [0.25, 0.3) is 0 Å². The molecule has 0 aliphatic carbocycles. The molecule has 94 valence electrons. The first-order chi connectivity index (χ1) is 7.72. The van der Waals surface area contributed by atoms with Crippen LogP contribution in [-0.2, 0) is 9.53 Å². The largest absolute Gasteiger partial charge is 0.466 e. The molecule has 0 spiro atoms. The zero-order chi connectivity index (χ0) is 11.8. The zero-order valence-electron chi connectivity index (χ0n) is 9.85. The van der Waals surface area contributed by atoms with Crippen molar-refractivity contribution < 1.29 is 14.6 Å². The lowest BCUT2D eigenvalue weighted by atomic mass is 10.2. The van der Waals surface area contributed by atoms with Gasteiger partial charge in [0, 0.05) is 18.8 Å². The number of carbonyl (C=O) groups is 1. The second kappa shape index (κ2) is 7.92. The molecule has 1 aliphatic heterocycles. The van der Waals surface area contributed by atoms with Crippen LogP contribution in [0.2, 0.25) is 0 Å². The summed E-state index contributed by atoms with van der Waals surface area (Å²) >= 11 is 1.95. The lowest BCUT2D eigenvalue weighted by Crippen LogP contribution is -2.35. The van der Waals surface area contributed by atoms with E-state index in [1.54, 1.807) is 6.92 Å². The normalized spacial score (nSPS) is 20.1. The van der Waals surface area contributed by atoms with Crippen LogP contribution in [0.4, 0.5) is 0 Å². The van der Waals surface area contributed by atoms with E-state index in [-0.39, 0.29) is 12.4 Å². The van der Waals surface area contributed by atoms with Crippen molar-refractivity contribution in [1.82, 2.24) is 4.90 Å². The number of β-amino-alcohol motifs (C(OH)–C–C–N with tert-alkyl or cyclic N) is 1. The summed E-state index contributed by atoms with van der Waals surface area (Å²) in [7, 11) is 0. The molecule has 1 fully saturated rings. The molecule has 0 aromatic carbocycles. The van der Waals surface area contributed by atoms with Gasteiger partial charge < -0.3 is 9.84 Å². The van der Waals surface area contributed by atoms with Crippen molar-refractivity contribution in [3.8, 4) is 0 Å². The number of ether oxygens (including phenoxy) is 1. The highest BCUT2D eigenvalue weighted by molar-refractivity contribution is 7.99. The van der Waals surface area contributed by atoms with Crippen LogP contribution in [0.15, 0.2) is 0 Å². The number of rotatable bonds is 5. The van der Waals surface area contributed by atoms with Gasteiger partial charge in [0.15, 0.2) is 0 Å². The molecule has 1 saturated heterocycles. The molecule has 1 atom stereocenters. The molecule has 0 aromatic heterocycles. The Morgan fingerprint density at radius 2 is 2.31 bits per heavy atom. The zero-order valence-corrected chi connectivity index (χ0v) is 10.7. The first-order valence-corrected chi connectivity index (χ1v) is 7.01. The van der Waals surface area contributed by atoms with Crippen LogP contribution in [0, 0.1) is 0 Å². The van der Waals surface area contributed by atoms with E-state index in [0.29, 0.717) is 13.2 Å². The molecule has 0 radical (unpaired) electrons. The average molecular weight is 247 g/mol. The van der Waals surface area contributed by atoms with E-state index in [9.17, 15) is 9.90 Å². The average Bonchev–Trinajstić information content (AvgIpc) is 2.46. The number of hydrogen-bond donors (Lipinski definition) is 1. The molecule has 0 bridgehead atoms. The van der Waals surface area contributed by atoms with Gasteiger partial charge in [-0.15, -0.1) is 0 Å². The predicted molar refractivity (Wildman–Crippen MR) is 65.6 cm³/mol. The van der Waals surface area contributed by atoms with Gasteiger partial charge in [-0.05, 0) is 25.6 Å². The number of carbonyl (C=O) groups excluding carboxylic acids is 1. The quantitative estimate of drug-likeness (QED) is 0.726. The highest BCUT2D eigenvalue weighted by atomic mass is 32.2. The Balaban J connectivity index is 2.21. The van der Waals surface area contributed by atoms with E-state index in [2.05, 4.69) is 4.90 Å². The molecule has 1 heterocycles. The van der Waals surface area contributed by atoms with Gasteiger partial charge in [-0.25, -0.2) is 0 Å². The van der Waals surface area contributed by atoms with E-state index in [4.69, 9.17) is 4.74 Å².